The van der Waals surface area contributed by atoms with Gasteiger partial charge in [-0.1, -0.05) is 12.2 Å². The normalized spacial score (nSPS) is 48.0. The topological polar surface area (TPSA) is 55.8 Å². The molecule has 1 N–H and O–H groups in total. The molecule has 4 heteroatoms. The molecule has 94 valence electrons. The van der Waals surface area contributed by atoms with Crippen LogP contribution < -0.4 is 0 Å². The lowest BCUT2D eigenvalue weighted by Gasteiger charge is -2.31. The lowest BCUT2D eigenvalue weighted by Crippen LogP contribution is -2.39. The van der Waals surface area contributed by atoms with Crippen LogP contribution in [-0.2, 0) is 14.3 Å². The van der Waals surface area contributed by atoms with Crippen LogP contribution in [0.1, 0.15) is 19.3 Å². The van der Waals surface area contributed by atoms with Crippen molar-refractivity contribution in [3.8, 4) is 0 Å². The van der Waals surface area contributed by atoms with Gasteiger partial charge < -0.3 is 14.6 Å². The number of aliphatic hydroxyl groups excluding tert-OH is 1. The summed E-state index contributed by atoms with van der Waals surface area (Å²) in [5.74, 6) is 0.309. The van der Waals surface area contributed by atoms with E-state index in [1.165, 1.54) is 7.11 Å². The summed E-state index contributed by atoms with van der Waals surface area (Å²) in [6, 6.07) is 0. The Morgan fingerprint density at radius 2 is 2.41 bits per heavy atom. The molecule has 2 saturated carbocycles. The van der Waals surface area contributed by atoms with E-state index in [2.05, 4.69) is 6.58 Å². The monoisotopic (exact) mass is 238 g/mol. The first-order valence-corrected chi connectivity index (χ1v) is 6.14. The van der Waals surface area contributed by atoms with Gasteiger partial charge >= 0.3 is 5.97 Å². The largest absolute Gasteiger partial charge is 0.469 e. The number of hydrogen-bond donors (Lipinski definition) is 1. The first-order valence-electron chi connectivity index (χ1n) is 6.14. The van der Waals surface area contributed by atoms with Crippen molar-refractivity contribution >= 4 is 5.97 Å². The molecule has 1 aliphatic heterocycles. The fourth-order valence-electron chi connectivity index (χ4n) is 4.26. The number of fused-ring (bicyclic) bond motifs is 3. The molecule has 1 saturated heterocycles. The van der Waals surface area contributed by atoms with Gasteiger partial charge in [0.25, 0.3) is 0 Å². The Labute approximate surface area is 101 Å². The molecule has 3 rings (SSSR count). The summed E-state index contributed by atoms with van der Waals surface area (Å²) < 4.78 is 10.3. The summed E-state index contributed by atoms with van der Waals surface area (Å²) in [4.78, 5) is 12.2. The molecule has 0 aromatic heterocycles. The Hall–Kier alpha value is -0.870. The van der Waals surface area contributed by atoms with Crippen LogP contribution in [0, 0.1) is 23.2 Å². The lowest BCUT2D eigenvalue weighted by molar-refractivity contribution is -0.157. The van der Waals surface area contributed by atoms with Gasteiger partial charge in [-0.2, -0.15) is 0 Å². The second-order valence-corrected chi connectivity index (χ2v) is 5.59. The van der Waals surface area contributed by atoms with Crippen molar-refractivity contribution in [1.82, 2.24) is 0 Å². The van der Waals surface area contributed by atoms with E-state index in [0.29, 0.717) is 13.0 Å². The van der Waals surface area contributed by atoms with Gasteiger partial charge in [0.2, 0.25) is 0 Å². The molecule has 0 unspecified atom stereocenters. The van der Waals surface area contributed by atoms with Gasteiger partial charge in [-0.3, -0.25) is 4.79 Å². The number of methoxy groups -OCH3 is 1. The van der Waals surface area contributed by atoms with Gasteiger partial charge in [-0.25, -0.2) is 0 Å². The van der Waals surface area contributed by atoms with Crippen molar-refractivity contribution in [3.63, 3.8) is 0 Å². The molecule has 0 spiro atoms. The Balaban J connectivity index is 2.00. The van der Waals surface area contributed by atoms with Crippen LogP contribution in [0.15, 0.2) is 12.2 Å². The van der Waals surface area contributed by atoms with Gasteiger partial charge in [0.15, 0.2) is 6.29 Å². The molecule has 5 atom stereocenters. The predicted molar refractivity (Wildman–Crippen MR) is 59.9 cm³/mol. The quantitative estimate of drug-likeness (QED) is 0.549. The van der Waals surface area contributed by atoms with E-state index in [9.17, 15) is 9.90 Å². The molecule has 4 nitrogen and oxygen atoms in total. The number of carbonyl (C=O) groups excluding carboxylic acids is 1. The van der Waals surface area contributed by atoms with Crippen molar-refractivity contribution in [2.75, 3.05) is 13.7 Å². The number of esters is 1. The smallest absolute Gasteiger partial charge is 0.312 e. The highest BCUT2D eigenvalue weighted by Crippen LogP contribution is 2.63. The molecule has 17 heavy (non-hydrogen) atoms. The number of hydrogen-bond acceptors (Lipinski definition) is 4. The summed E-state index contributed by atoms with van der Waals surface area (Å²) in [7, 11) is 1.44. The Morgan fingerprint density at radius 1 is 1.65 bits per heavy atom. The zero-order valence-corrected chi connectivity index (χ0v) is 10.0. The first kappa shape index (κ1) is 11.2. The summed E-state index contributed by atoms with van der Waals surface area (Å²) in [6.07, 6.45) is 1.72. The van der Waals surface area contributed by atoms with E-state index >= 15 is 0 Å². The van der Waals surface area contributed by atoms with Crippen LogP contribution in [0.25, 0.3) is 0 Å². The van der Waals surface area contributed by atoms with Gasteiger partial charge in [-0.15, -0.1) is 0 Å². The SMILES string of the molecule is C=C1C[C@H]2C[C@@H]3[C@@H](O)OC[C@@H]3[C@@]2(C(=O)OC)C1. The summed E-state index contributed by atoms with van der Waals surface area (Å²) in [6.45, 7) is 4.48. The molecule has 0 aromatic carbocycles. The maximum absolute atomic E-state index is 12.2. The third-order valence-corrected chi connectivity index (χ3v) is 4.92. The van der Waals surface area contributed by atoms with Crippen molar-refractivity contribution in [2.24, 2.45) is 23.2 Å². The Bertz CT molecular complexity index is 378. The van der Waals surface area contributed by atoms with E-state index < -0.39 is 11.7 Å². The maximum atomic E-state index is 12.2. The van der Waals surface area contributed by atoms with Crippen LogP contribution >= 0.6 is 0 Å². The second-order valence-electron chi connectivity index (χ2n) is 5.59. The fraction of sp³-hybridized carbons (Fsp3) is 0.769. The van der Waals surface area contributed by atoms with Crippen molar-refractivity contribution < 1.29 is 19.4 Å². The molecule has 0 amide bonds. The molecule has 0 radical (unpaired) electrons. The van der Waals surface area contributed by atoms with Crippen LogP contribution in [0.2, 0.25) is 0 Å². The Morgan fingerprint density at radius 3 is 3.12 bits per heavy atom. The van der Waals surface area contributed by atoms with Crippen LogP contribution in [-0.4, -0.2) is 31.1 Å². The average Bonchev–Trinajstić information content (AvgIpc) is 2.88. The average molecular weight is 238 g/mol. The molecule has 0 aromatic rings. The zero-order valence-electron chi connectivity index (χ0n) is 10.0. The standard InChI is InChI=1S/C13H18O4/c1-7-3-8-4-9-10(6-17-11(9)14)13(8,5-7)12(15)16-2/h8-11,14H,1,3-6H2,2H3/t8-,9-,10-,11-,13+/m0/s1. The van der Waals surface area contributed by atoms with Crippen molar-refractivity contribution in [3.05, 3.63) is 12.2 Å². The Kier molecular flexibility index (Phi) is 2.35. The highest BCUT2D eigenvalue weighted by molar-refractivity contribution is 5.79. The molecular weight excluding hydrogens is 220 g/mol. The summed E-state index contributed by atoms with van der Waals surface area (Å²) in [5.41, 5.74) is 0.647. The molecule has 3 fully saturated rings. The lowest BCUT2D eigenvalue weighted by atomic mass is 9.73. The minimum atomic E-state index is -0.708. The fourth-order valence-corrected chi connectivity index (χ4v) is 4.26. The molecule has 0 bridgehead atoms. The zero-order chi connectivity index (χ0) is 12.2. The minimum Gasteiger partial charge on any atom is -0.469 e. The molecule has 1 heterocycles. The third kappa shape index (κ3) is 1.28. The second kappa shape index (κ2) is 3.56. The van der Waals surface area contributed by atoms with E-state index in [1.807, 2.05) is 0 Å². The van der Waals surface area contributed by atoms with Crippen LogP contribution in [0.5, 0.6) is 0 Å². The maximum Gasteiger partial charge on any atom is 0.312 e. The van der Waals surface area contributed by atoms with Crippen LogP contribution in [0.3, 0.4) is 0 Å². The van der Waals surface area contributed by atoms with Gasteiger partial charge in [0.05, 0.1) is 19.1 Å². The first-order chi connectivity index (χ1) is 8.09. The molecule has 3 aliphatic rings. The molecule has 2 aliphatic carbocycles. The number of aliphatic hydroxyl groups is 1. The number of rotatable bonds is 1. The van der Waals surface area contributed by atoms with E-state index in [1.54, 1.807) is 0 Å². The number of ether oxygens (including phenoxy) is 2. The van der Waals surface area contributed by atoms with Gasteiger partial charge in [-0.05, 0) is 25.2 Å². The van der Waals surface area contributed by atoms with E-state index in [4.69, 9.17) is 9.47 Å². The van der Waals surface area contributed by atoms with Crippen LogP contribution in [0.4, 0.5) is 0 Å². The van der Waals surface area contributed by atoms with E-state index in [-0.39, 0.29) is 23.7 Å². The van der Waals surface area contributed by atoms with Crippen molar-refractivity contribution in [1.29, 1.82) is 0 Å². The third-order valence-electron chi connectivity index (χ3n) is 4.92. The van der Waals surface area contributed by atoms with Crippen molar-refractivity contribution in [2.45, 2.75) is 25.6 Å². The van der Waals surface area contributed by atoms with Gasteiger partial charge in [0, 0.05) is 11.8 Å². The highest BCUT2D eigenvalue weighted by atomic mass is 16.6. The summed E-state index contributed by atoms with van der Waals surface area (Å²) >= 11 is 0. The highest BCUT2D eigenvalue weighted by Gasteiger charge is 2.66. The molecular formula is C13H18O4. The van der Waals surface area contributed by atoms with Gasteiger partial charge in [0.1, 0.15) is 0 Å². The predicted octanol–water partition coefficient (Wildman–Crippen LogP) is 1.10. The van der Waals surface area contributed by atoms with E-state index in [0.717, 1.165) is 18.4 Å². The summed E-state index contributed by atoms with van der Waals surface area (Å²) in [5, 5.41) is 9.79. The minimum absolute atomic E-state index is 0.0900. The number of carbonyl (C=O) groups is 1. The number of allylic oxidation sites excluding steroid dienone is 1.